The summed E-state index contributed by atoms with van der Waals surface area (Å²) in [5.41, 5.74) is 3.55. The molecule has 4 heteroatoms. The third kappa shape index (κ3) is 3.50. The highest BCUT2D eigenvalue weighted by atomic mass is 19.1. The number of nitrogens with one attached hydrogen (secondary N) is 1. The van der Waals surface area contributed by atoms with Crippen molar-refractivity contribution in [3.8, 4) is 5.75 Å². The highest BCUT2D eigenvalue weighted by Crippen LogP contribution is 2.27. The Morgan fingerprint density at radius 2 is 2.23 bits per heavy atom. The van der Waals surface area contributed by atoms with Crippen LogP contribution in [0.5, 0.6) is 5.75 Å². The summed E-state index contributed by atoms with van der Waals surface area (Å²) in [5.74, 6) is 0.854. The van der Waals surface area contributed by atoms with Crippen LogP contribution >= 0.6 is 0 Å². The third-order valence-electron chi connectivity index (χ3n) is 4.19. The van der Waals surface area contributed by atoms with Crippen LogP contribution in [0.3, 0.4) is 0 Å². The summed E-state index contributed by atoms with van der Waals surface area (Å²) in [6, 6.07) is 5.97. The van der Waals surface area contributed by atoms with Crippen molar-refractivity contribution in [3.05, 3.63) is 42.1 Å². The van der Waals surface area contributed by atoms with Crippen molar-refractivity contribution in [2.24, 2.45) is 0 Å². The summed E-state index contributed by atoms with van der Waals surface area (Å²) in [5, 5.41) is 1.18. The first kappa shape index (κ1) is 16.6. The van der Waals surface area contributed by atoms with Crippen molar-refractivity contribution < 1.29 is 9.13 Å². The van der Waals surface area contributed by atoms with Gasteiger partial charge < -0.3 is 9.72 Å². The predicted octanol–water partition coefficient (Wildman–Crippen LogP) is 3.87. The molecule has 2 aromatic rings. The van der Waals surface area contributed by atoms with Gasteiger partial charge in [-0.05, 0) is 44.0 Å². The number of methoxy groups -OCH3 is 1. The van der Waals surface area contributed by atoms with E-state index in [4.69, 9.17) is 4.74 Å². The van der Waals surface area contributed by atoms with Gasteiger partial charge in [0.1, 0.15) is 12.4 Å². The molecule has 1 unspecified atom stereocenters. The average Bonchev–Trinajstić information content (AvgIpc) is 2.85. The molecule has 0 aliphatic rings. The summed E-state index contributed by atoms with van der Waals surface area (Å²) in [4.78, 5) is 5.53. The van der Waals surface area contributed by atoms with Crippen molar-refractivity contribution in [2.45, 2.75) is 26.3 Å². The zero-order valence-corrected chi connectivity index (χ0v) is 13.7. The fourth-order valence-electron chi connectivity index (χ4n) is 2.82. The Hall–Kier alpha value is -1.81. The lowest BCUT2D eigenvalue weighted by Gasteiger charge is -2.25. The van der Waals surface area contributed by atoms with Gasteiger partial charge in [0, 0.05) is 35.7 Å². The number of benzene rings is 1. The van der Waals surface area contributed by atoms with Gasteiger partial charge in [-0.2, -0.15) is 0 Å². The molecule has 120 valence electrons. The zero-order valence-electron chi connectivity index (χ0n) is 13.7. The van der Waals surface area contributed by atoms with Gasteiger partial charge in [0.05, 0.1) is 7.11 Å². The summed E-state index contributed by atoms with van der Waals surface area (Å²) < 4.78 is 18.3. The van der Waals surface area contributed by atoms with Gasteiger partial charge in [-0.15, -0.1) is 6.58 Å². The van der Waals surface area contributed by atoms with E-state index in [9.17, 15) is 4.39 Å². The van der Waals surface area contributed by atoms with Crippen molar-refractivity contribution in [2.75, 3.05) is 26.9 Å². The van der Waals surface area contributed by atoms with E-state index in [2.05, 4.69) is 29.5 Å². The molecule has 22 heavy (non-hydrogen) atoms. The molecule has 3 nitrogen and oxygen atoms in total. The maximum absolute atomic E-state index is 13.0. The van der Waals surface area contributed by atoms with Gasteiger partial charge in [0.2, 0.25) is 0 Å². The minimum Gasteiger partial charge on any atom is -0.497 e. The van der Waals surface area contributed by atoms with E-state index in [0.717, 1.165) is 29.9 Å². The van der Waals surface area contributed by atoms with Crippen LogP contribution in [-0.2, 0) is 6.42 Å². The first-order chi connectivity index (χ1) is 10.6. The predicted molar refractivity (Wildman–Crippen MR) is 90.5 cm³/mol. The second-order valence-corrected chi connectivity index (χ2v) is 5.68. The number of aromatic amines is 1. The van der Waals surface area contributed by atoms with Crippen LogP contribution in [0, 0.1) is 6.92 Å². The van der Waals surface area contributed by atoms with Crippen molar-refractivity contribution >= 4 is 10.9 Å². The van der Waals surface area contributed by atoms with E-state index in [-0.39, 0.29) is 12.7 Å². The van der Waals surface area contributed by atoms with Gasteiger partial charge in [-0.1, -0.05) is 6.08 Å². The largest absolute Gasteiger partial charge is 0.497 e. The van der Waals surface area contributed by atoms with Crippen LogP contribution in [0.1, 0.15) is 18.2 Å². The Kier molecular flexibility index (Phi) is 5.61. The van der Waals surface area contributed by atoms with Crippen molar-refractivity contribution in [3.63, 3.8) is 0 Å². The first-order valence-corrected chi connectivity index (χ1v) is 7.66. The fourth-order valence-corrected chi connectivity index (χ4v) is 2.82. The maximum Gasteiger partial charge on any atom is 0.119 e. The number of halogens is 1. The number of nitrogens with zero attached hydrogens (tertiary/aromatic N) is 1. The Labute approximate surface area is 131 Å². The fraction of sp³-hybridized carbons (Fsp3) is 0.444. The Morgan fingerprint density at radius 3 is 2.86 bits per heavy atom. The Morgan fingerprint density at radius 1 is 1.45 bits per heavy atom. The number of aryl methyl sites for hydroxylation is 1. The highest BCUT2D eigenvalue weighted by molar-refractivity contribution is 5.86. The first-order valence-electron chi connectivity index (χ1n) is 7.66. The number of fused-ring (bicyclic) bond motifs is 1. The average molecular weight is 304 g/mol. The van der Waals surface area contributed by atoms with Crippen molar-refractivity contribution in [1.29, 1.82) is 0 Å². The molecule has 1 atom stereocenters. The topological polar surface area (TPSA) is 28.3 Å². The van der Waals surface area contributed by atoms with E-state index in [1.165, 1.54) is 10.9 Å². The number of ether oxygens (including phenoxy) is 1. The van der Waals surface area contributed by atoms with E-state index in [1.54, 1.807) is 7.11 Å². The lowest BCUT2D eigenvalue weighted by atomic mass is 10.1. The van der Waals surface area contributed by atoms with Gasteiger partial charge in [-0.25, -0.2) is 4.39 Å². The molecule has 0 aliphatic heterocycles. The molecule has 0 saturated heterocycles. The molecule has 0 saturated carbocycles. The quantitative estimate of drug-likeness (QED) is 0.750. The minimum atomic E-state index is -0.339. The van der Waals surface area contributed by atoms with E-state index < -0.39 is 0 Å². The monoisotopic (exact) mass is 304 g/mol. The second-order valence-electron chi connectivity index (χ2n) is 5.68. The SMILES string of the molecule is C=CCN(CCc1c(C)[nH]c2ccc(OC)cc12)C(C)CF. The third-order valence-corrected chi connectivity index (χ3v) is 4.19. The van der Waals surface area contributed by atoms with Crippen LogP contribution in [-0.4, -0.2) is 42.8 Å². The number of hydrogen-bond donors (Lipinski definition) is 1. The number of aromatic nitrogens is 1. The Bertz CT molecular complexity index is 635. The number of hydrogen-bond acceptors (Lipinski definition) is 2. The molecule has 1 aromatic heterocycles. The molecule has 0 fully saturated rings. The molecule has 1 aromatic carbocycles. The second kappa shape index (κ2) is 7.45. The van der Waals surface area contributed by atoms with Crippen LogP contribution in [0.25, 0.3) is 10.9 Å². The maximum atomic E-state index is 13.0. The molecule has 1 N–H and O–H groups in total. The summed E-state index contributed by atoms with van der Waals surface area (Å²) in [6.45, 7) is 8.93. The summed E-state index contributed by atoms with van der Waals surface area (Å²) >= 11 is 0. The van der Waals surface area contributed by atoms with Crippen LogP contribution < -0.4 is 4.74 Å². The zero-order chi connectivity index (χ0) is 16.1. The van der Waals surface area contributed by atoms with E-state index >= 15 is 0 Å². The minimum absolute atomic E-state index is 0.0851. The smallest absolute Gasteiger partial charge is 0.119 e. The molecule has 0 spiro atoms. The lowest BCUT2D eigenvalue weighted by Crippen LogP contribution is -2.36. The van der Waals surface area contributed by atoms with Gasteiger partial charge in [-0.3, -0.25) is 4.90 Å². The summed E-state index contributed by atoms with van der Waals surface area (Å²) in [6.07, 6.45) is 2.70. The molecule has 0 radical (unpaired) electrons. The Balaban J connectivity index is 2.22. The molecule has 1 heterocycles. The standard InChI is InChI=1S/C18H25FN2O/c1-5-9-21(13(2)12-19)10-8-16-14(3)20-18-7-6-15(22-4)11-17(16)18/h5-7,11,13,20H,1,8-10,12H2,2-4H3. The normalized spacial score (nSPS) is 12.8. The van der Waals surface area contributed by atoms with Crippen LogP contribution in [0.2, 0.25) is 0 Å². The molecule has 0 amide bonds. The van der Waals surface area contributed by atoms with Crippen molar-refractivity contribution in [1.82, 2.24) is 9.88 Å². The molecular weight excluding hydrogens is 279 g/mol. The van der Waals surface area contributed by atoms with Gasteiger partial charge in [0.25, 0.3) is 0 Å². The van der Waals surface area contributed by atoms with E-state index in [1.807, 2.05) is 25.1 Å². The van der Waals surface area contributed by atoms with Gasteiger partial charge in [0.15, 0.2) is 0 Å². The number of alkyl halides is 1. The summed E-state index contributed by atoms with van der Waals surface area (Å²) in [7, 11) is 1.68. The molecule has 0 bridgehead atoms. The molecule has 0 aliphatic carbocycles. The number of rotatable bonds is 8. The molecular formula is C18H25FN2O. The van der Waals surface area contributed by atoms with Crippen LogP contribution in [0.4, 0.5) is 4.39 Å². The molecule has 2 rings (SSSR count). The highest BCUT2D eigenvalue weighted by Gasteiger charge is 2.15. The van der Waals surface area contributed by atoms with Crippen LogP contribution in [0.15, 0.2) is 30.9 Å². The van der Waals surface area contributed by atoms with E-state index in [0.29, 0.717) is 6.54 Å². The lowest BCUT2D eigenvalue weighted by molar-refractivity contribution is 0.198. The number of H-pyrrole nitrogens is 1. The van der Waals surface area contributed by atoms with Gasteiger partial charge >= 0.3 is 0 Å².